The summed E-state index contributed by atoms with van der Waals surface area (Å²) in [6.07, 6.45) is 0.444. The molecule has 0 aliphatic heterocycles. The number of nitrogens with two attached hydrogens (primary N) is 1. The van der Waals surface area contributed by atoms with Crippen LogP contribution in [-0.4, -0.2) is 17.6 Å². The normalized spacial score (nSPS) is 10.9. The van der Waals surface area contributed by atoms with Crippen LogP contribution in [0.25, 0.3) is 0 Å². The summed E-state index contributed by atoms with van der Waals surface area (Å²) in [7, 11) is 0. The monoisotopic (exact) mass is 355 g/mol. The highest BCUT2D eigenvalue weighted by atomic mass is 16.6. The Morgan fingerprint density at radius 2 is 1.62 bits per heavy atom. The maximum Gasteiger partial charge on any atom is 0.412 e. The second-order valence-electron chi connectivity index (χ2n) is 7.00. The van der Waals surface area contributed by atoms with Gasteiger partial charge in [0.2, 0.25) is 5.91 Å². The number of rotatable bonds is 5. The third-order valence-electron chi connectivity index (χ3n) is 3.41. The molecule has 0 heterocycles. The molecule has 0 aliphatic carbocycles. The van der Waals surface area contributed by atoms with Crippen LogP contribution in [0.1, 0.15) is 32.8 Å². The molecule has 0 aliphatic rings. The molecule has 138 valence electrons. The van der Waals surface area contributed by atoms with Gasteiger partial charge in [-0.05, 0) is 63.1 Å². The number of aryl methyl sites for hydroxylation is 1. The molecule has 0 radical (unpaired) electrons. The Balaban J connectivity index is 1.88. The van der Waals surface area contributed by atoms with E-state index in [1.165, 1.54) is 0 Å². The molecule has 0 saturated carbocycles. The summed E-state index contributed by atoms with van der Waals surface area (Å²) in [6, 6.07) is 14.4. The number of hydrogen-bond donors (Lipinski definition) is 3. The fourth-order valence-electron chi connectivity index (χ4n) is 2.26. The number of ether oxygens (including phenoxy) is 1. The standard InChI is InChI=1S/C20H25N3O3/c1-20(2,3)26-19(25)23-17-6-4-5-16(13-17)22-18(24)12-9-14-7-10-15(21)11-8-14/h4-8,10-11,13H,9,12,21H2,1-3H3,(H,22,24)(H,23,25). The lowest BCUT2D eigenvalue weighted by Gasteiger charge is -2.19. The molecule has 2 aromatic carbocycles. The summed E-state index contributed by atoms with van der Waals surface area (Å²) in [6.45, 7) is 5.39. The lowest BCUT2D eigenvalue weighted by molar-refractivity contribution is -0.116. The average molecular weight is 355 g/mol. The number of nitrogens with one attached hydrogen (secondary N) is 2. The molecule has 0 saturated heterocycles. The quantitative estimate of drug-likeness (QED) is 0.701. The van der Waals surface area contributed by atoms with E-state index in [2.05, 4.69) is 10.6 Å². The van der Waals surface area contributed by atoms with Crippen molar-refractivity contribution in [3.63, 3.8) is 0 Å². The lowest BCUT2D eigenvalue weighted by Crippen LogP contribution is -2.27. The van der Waals surface area contributed by atoms with Crippen LogP contribution >= 0.6 is 0 Å². The van der Waals surface area contributed by atoms with Crippen LogP contribution in [0, 0.1) is 0 Å². The van der Waals surface area contributed by atoms with E-state index in [0.717, 1.165) is 5.56 Å². The van der Waals surface area contributed by atoms with Crippen molar-refractivity contribution in [3.8, 4) is 0 Å². The molecule has 6 nitrogen and oxygen atoms in total. The van der Waals surface area contributed by atoms with Gasteiger partial charge in [-0.3, -0.25) is 10.1 Å². The van der Waals surface area contributed by atoms with E-state index in [1.807, 2.05) is 24.3 Å². The van der Waals surface area contributed by atoms with E-state index in [-0.39, 0.29) is 5.91 Å². The van der Waals surface area contributed by atoms with Crippen molar-refractivity contribution in [3.05, 3.63) is 54.1 Å². The highest BCUT2D eigenvalue weighted by molar-refractivity contribution is 5.92. The second-order valence-corrected chi connectivity index (χ2v) is 7.00. The second kappa shape index (κ2) is 8.38. The van der Waals surface area contributed by atoms with Gasteiger partial charge in [0.05, 0.1) is 0 Å². The Morgan fingerprint density at radius 3 is 2.23 bits per heavy atom. The van der Waals surface area contributed by atoms with E-state index in [4.69, 9.17) is 10.5 Å². The summed E-state index contributed by atoms with van der Waals surface area (Å²) in [5, 5.41) is 5.48. The summed E-state index contributed by atoms with van der Waals surface area (Å²) in [5.74, 6) is -0.101. The van der Waals surface area contributed by atoms with E-state index >= 15 is 0 Å². The number of amides is 2. The fraction of sp³-hybridized carbons (Fsp3) is 0.300. The maximum atomic E-state index is 12.1. The zero-order valence-electron chi connectivity index (χ0n) is 15.3. The number of carbonyl (C=O) groups is 2. The molecule has 0 aromatic heterocycles. The number of anilines is 3. The van der Waals surface area contributed by atoms with Gasteiger partial charge in [0, 0.05) is 23.5 Å². The highest BCUT2D eigenvalue weighted by Crippen LogP contribution is 2.17. The Morgan fingerprint density at radius 1 is 1.00 bits per heavy atom. The van der Waals surface area contributed by atoms with E-state index in [1.54, 1.807) is 45.0 Å². The van der Waals surface area contributed by atoms with Gasteiger partial charge in [0.25, 0.3) is 0 Å². The Kier molecular flexibility index (Phi) is 6.22. The lowest BCUT2D eigenvalue weighted by atomic mass is 10.1. The number of hydrogen-bond acceptors (Lipinski definition) is 4. The smallest absolute Gasteiger partial charge is 0.412 e. The minimum atomic E-state index is -0.571. The molecular formula is C20H25N3O3. The first-order chi connectivity index (χ1) is 12.2. The predicted octanol–water partition coefficient (Wildman–Crippen LogP) is 4.19. The Labute approximate surface area is 153 Å². The Bertz CT molecular complexity index is 765. The number of benzene rings is 2. The fourth-order valence-corrected chi connectivity index (χ4v) is 2.26. The van der Waals surface area contributed by atoms with Gasteiger partial charge in [-0.15, -0.1) is 0 Å². The zero-order chi connectivity index (χ0) is 19.2. The van der Waals surface area contributed by atoms with Crippen molar-refractivity contribution < 1.29 is 14.3 Å². The predicted molar refractivity (Wildman–Crippen MR) is 104 cm³/mol. The first-order valence-corrected chi connectivity index (χ1v) is 8.46. The molecule has 2 rings (SSSR count). The van der Waals surface area contributed by atoms with Crippen molar-refractivity contribution in [2.45, 2.75) is 39.2 Å². The summed E-state index contributed by atoms with van der Waals surface area (Å²) >= 11 is 0. The minimum absolute atomic E-state index is 0.101. The third-order valence-corrected chi connectivity index (χ3v) is 3.41. The van der Waals surface area contributed by atoms with Gasteiger partial charge in [-0.1, -0.05) is 18.2 Å². The van der Waals surface area contributed by atoms with E-state index in [9.17, 15) is 9.59 Å². The van der Waals surface area contributed by atoms with Crippen LogP contribution in [0.5, 0.6) is 0 Å². The molecular weight excluding hydrogens is 330 g/mol. The van der Waals surface area contributed by atoms with Crippen molar-refractivity contribution in [1.82, 2.24) is 0 Å². The van der Waals surface area contributed by atoms with Crippen LogP contribution in [0.2, 0.25) is 0 Å². The number of carbonyl (C=O) groups excluding carboxylic acids is 2. The molecule has 6 heteroatoms. The topological polar surface area (TPSA) is 93.5 Å². The molecule has 0 spiro atoms. The van der Waals surface area contributed by atoms with Crippen molar-refractivity contribution in [1.29, 1.82) is 0 Å². The van der Waals surface area contributed by atoms with Crippen LogP contribution in [0.4, 0.5) is 21.9 Å². The molecule has 2 amide bonds. The van der Waals surface area contributed by atoms with Gasteiger partial charge in [0.1, 0.15) is 5.60 Å². The van der Waals surface area contributed by atoms with Gasteiger partial charge in [0.15, 0.2) is 0 Å². The largest absolute Gasteiger partial charge is 0.444 e. The summed E-state index contributed by atoms with van der Waals surface area (Å²) < 4.78 is 5.21. The van der Waals surface area contributed by atoms with Gasteiger partial charge < -0.3 is 15.8 Å². The highest BCUT2D eigenvalue weighted by Gasteiger charge is 2.16. The van der Waals surface area contributed by atoms with Gasteiger partial charge in [-0.2, -0.15) is 0 Å². The zero-order valence-corrected chi connectivity index (χ0v) is 15.3. The van der Waals surface area contributed by atoms with Crippen LogP contribution < -0.4 is 16.4 Å². The summed E-state index contributed by atoms with van der Waals surface area (Å²) in [5.41, 5.74) is 7.99. The molecule has 26 heavy (non-hydrogen) atoms. The first-order valence-electron chi connectivity index (χ1n) is 8.46. The van der Waals surface area contributed by atoms with Crippen LogP contribution in [-0.2, 0) is 16.0 Å². The molecule has 2 aromatic rings. The SMILES string of the molecule is CC(C)(C)OC(=O)Nc1cccc(NC(=O)CCc2ccc(N)cc2)c1. The van der Waals surface area contributed by atoms with Crippen LogP contribution in [0.15, 0.2) is 48.5 Å². The van der Waals surface area contributed by atoms with Crippen molar-refractivity contribution in [2.75, 3.05) is 16.4 Å². The van der Waals surface area contributed by atoms with E-state index < -0.39 is 11.7 Å². The number of nitrogen functional groups attached to an aromatic ring is 1. The minimum Gasteiger partial charge on any atom is -0.444 e. The van der Waals surface area contributed by atoms with Gasteiger partial charge >= 0.3 is 6.09 Å². The molecule has 0 atom stereocenters. The van der Waals surface area contributed by atoms with E-state index in [0.29, 0.717) is 29.9 Å². The first kappa shape index (κ1) is 19.3. The van der Waals surface area contributed by atoms with Crippen LogP contribution in [0.3, 0.4) is 0 Å². The molecule has 0 fully saturated rings. The Hall–Kier alpha value is -3.02. The molecule has 0 unspecified atom stereocenters. The summed E-state index contributed by atoms with van der Waals surface area (Å²) in [4.78, 5) is 23.9. The third kappa shape index (κ3) is 6.84. The van der Waals surface area contributed by atoms with Crippen molar-refractivity contribution in [2.24, 2.45) is 0 Å². The molecule has 0 bridgehead atoms. The average Bonchev–Trinajstić information content (AvgIpc) is 2.53. The molecule has 4 N–H and O–H groups in total. The van der Waals surface area contributed by atoms with Crippen molar-refractivity contribution >= 4 is 29.1 Å². The van der Waals surface area contributed by atoms with Gasteiger partial charge in [-0.25, -0.2) is 4.79 Å². The maximum absolute atomic E-state index is 12.1.